The molecule has 4 heteroatoms. The molecule has 2 aromatic heterocycles. The number of aromatic nitrogens is 2. The number of nitrogens with two attached hydrogens (primary N) is 1. The van der Waals surface area contributed by atoms with Gasteiger partial charge in [0.2, 0.25) is 0 Å². The number of imidazole rings is 1. The first-order valence-electron chi connectivity index (χ1n) is 5.95. The summed E-state index contributed by atoms with van der Waals surface area (Å²) in [6, 6.07) is 4.22. The summed E-state index contributed by atoms with van der Waals surface area (Å²) < 4.78 is 2.04. The zero-order chi connectivity index (χ0) is 12.4. The van der Waals surface area contributed by atoms with Crippen LogP contribution in [-0.4, -0.2) is 20.9 Å². The highest BCUT2D eigenvalue weighted by atomic mass is 32.2. The highest BCUT2D eigenvalue weighted by molar-refractivity contribution is 7.99. The first-order chi connectivity index (χ1) is 8.13. The summed E-state index contributed by atoms with van der Waals surface area (Å²) in [4.78, 5) is 4.63. The van der Waals surface area contributed by atoms with Gasteiger partial charge >= 0.3 is 0 Å². The molecule has 0 atom stereocenters. The Hall–Kier alpha value is -1.16. The predicted octanol–water partition coefficient (Wildman–Crippen LogP) is 2.83. The van der Waals surface area contributed by atoms with Crippen molar-refractivity contribution >= 4 is 23.2 Å². The predicted molar refractivity (Wildman–Crippen MR) is 75.8 cm³/mol. The highest BCUT2D eigenvalue weighted by Crippen LogP contribution is 2.20. The topological polar surface area (TPSA) is 43.3 Å². The molecule has 0 bridgehead atoms. The van der Waals surface area contributed by atoms with Crippen LogP contribution >= 0.6 is 11.8 Å². The molecule has 0 radical (unpaired) electrons. The smallest absolute Gasteiger partial charge is 0.139 e. The minimum Gasteiger partial charge on any atom is -0.383 e. The van der Waals surface area contributed by atoms with Crippen LogP contribution in [0.25, 0.3) is 5.65 Å². The lowest BCUT2D eigenvalue weighted by molar-refractivity contribution is 1.07. The van der Waals surface area contributed by atoms with Crippen LogP contribution in [0.3, 0.4) is 0 Å². The Balaban J connectivity index is 2.39. The number of hydrogen-bond donors (Lipinski definition) is 1. The van der Waals surface area contributed by atoms with Gasteiger partial charge in [-0.1, -0.05) is 6.92 Å². The normalized spacial score (nSPS) is 11.2. The van der Waals surface area contributed by atoms with Gasteiger partial charge in [0.25, 0.3) is 0 Å². The average Bonchev–Trinajstić information content (AvgIpc) is 2.56. The van der Waals surface area contributed by atoms with Crippen molar-refractivity contribution in [2.24, 2.45) is 0 Å². The summed E-state index contributed by atoms with van der Waals surface area (Å²) in [6.45, 7) is 6.33. The largest absolute Gasteiger partial charge is 0.383 e. The second kappa shape index (κ2) is 5.00. The number of thioether (sulfide) groups is 1. The monoisotopic (exact) mass is 249 g/mol. The minimum absolute atomic E-state index is 0.800. The van der Waals surface area contributed by atoms with E-state index in [1.165, 1.54) is 5.56 Å². The fraction of sp³-hybridized carbons (Fsp3) is 0.462. The molecule has 0 aromatic carbocycles. The van der Waals surface area contributed by atoms with E-state index in [0.29, 0.717) is 0 Å². The first kappa shape index (κ1) is 12.3. The van der Waals surface area contributed by atoms with Crippen LogP contribution in [0.5, 0.6) is 0 Å². The Morgan fingerprint density at radius 3 is 2.82 bits per heavy atom. The molecule has 17 heavy (non-hydrogen) atoms. The van der Waals surface area contributed by atoms with Gasteiger partial charge in [-0.05, 0) is 43.0 Å². The molecule has 0 aliphatic carbocycles. The molecule has 3 nitrogen and oxygen atoms in total. The van der Waals surface area contributed by atoms with Crippen molar-refractivity contribution in [3.8, 4) is 0 Å². The van der Waals surface area contributed by atoms with Crippen LogP contribution in [0.4, 0.5) is 5.82 Å². The molecule has 2 rings (SSSR count). The van der Waals surface area contributed by atoms with Crippen LogP contribution in [0.2, 0.25) is 0 Å². The average molecular weight is 249 g/mol. The van der Waals surface area contributed by atoms with Crippen molar-refractivity contribution in [3.63, 3.8) is 0 Å². The summed E-state index contributed by atoms with van der Waals surface area (Å²) >= 11 is 1.92. The van der Waals surface area contributed by atoms with E-state index in [1.54, 1.807) is 0 Å². The molecular weight excluding hydrogens is 230 g/mol. The quantitative estimate of drug-likeness (QED) is 0.847. The summed E-state index contributed by atoms with van der Waals surface area (Å²) in [7, 11) is 0. The van der Waals surface area contributed by atoms with Crippen molar-refractivity contribution in [2.75, 3.05) is 17.2 Å². The van der Waals surface area contributed by atoms with Gasteiger partial charge in [0, 0.05) is 12.1 Å². The molecule has 0 spiro atoms. The zero-order valence-electron chi connectivity index (χ0n) is 10.7. The van der Waals surface area contributed by atoms with Crippen molar-refractivity contribution in [2.45, 2.75) is 27.2 Å². The van der Waals surface area contributed by atoms with Gasteiger partial charge in [0.1, 0.15) is 11.5 Å². The molecular formula is C13H19N3S. The molecule has 0 aliphatic heterocycles. The van der Waals surface area contributed by atoms with Gasteiger partial charge in [0.15, 0.2) is 0 Å². The lowest BCUT2D eigenvalue weighted by Crippen LogP contribution is -2.00. The first-order valence-corrected chi connectivity index (χ1v) is 7.10. The molecule has 0 unspecified atom stereocenters. The van der Waals surface area contributed by atoms with Crippen molar-refractivity contribution in [1.82, 2.24) is 9.38 Å². The van der Waals surface area contributed by atoms with Crippen molar-refractivity contribution in [3.05, 3.63) is 29.1 Å². The maximum absolute atomic E-state index is 6.16. The van der Waals surface area contributed by atoms with Gasteiger partial charge in [-0.15, -0.1) is 0 Å². The van der Waals surface area contributed by atoms with Crippen LogP contribution in [0.1, 0.15) is 23.9 Å². The summed E-state index contributed by atoms with van der Waals surface area (Å²) in [6.07, 6.45) is 0.949. The van der Waals surface area contributed by atoms with E-state index in [9.17, 15) is 0 Å². The minimum atomic E-state index is 0.800. The maximum atomic E-state index is 6.16. The number of nitrogen functional groups attached to an aromatic ring is 1. The fourth-order valence-corrected chi connectivity index (χ4v) is 2.73. The fourth-order valence-electron chi connectivity index (χ4n) is 2.10. The molecule has 92 valence electrons. The van der Waals surface area contributed by atoms with Crippen LogP contribution < -0.4 is 5.73 Å². The highest BCUT2D eigenvalue weighted by Gasteiger charge is 2.10. The van der Waals surface area contributed by atoms with E-state index in [2.05, 4.69) is 37.9 Å². The lowest BCUT2D eigenvalue weighted by atomic mass is 10.2. The number of nitrogens with zero attached hydrogens (tertiary/aromatic N) is 2. The molecule has 0 amide bonds. The van der Waals surface area contributed by atoms with Gasteiger partial charge in [-0.3, -0.25) is 4.40 Å². The molecule has 2 aromatic rings. The van der Waals surface area contributed by atoms with E-state index in [4.69, 9.17) is 5.73 Å². The molecule has 0 aliphatic rings. The summed E-state index contributed by atoms with van der Waals surface area (Å²) in [5, 5.41) is 0. The van der Waals surface area contributed by atoms with Gasteiger partial charge in [-0.25, -0.2) is 4.98 Å². The third-order valence-electron chi connectivity index (χ3n) is 2.85. The molecule has 0 saturated heterocycles. The van der Waals surface area contributed by atoms with Gasteiger partial charge in [-0.2, -0.15) is 11.8 Å². The second-order valence-corrected chi connectivity index (χ2v) is 5.65. The Bertz CT molecular complexity index is 531. The summed E-state index contributed by atoms with van der Waals surface area (Å²) in [5.41, 5.74) is 10.5. The van der Waals surface area contributed by atoms with Crippen LogP contribution in [-0.2, 0) is 6.42 Å². The SMILES string of the molecule is CCSCCc1nc2cc(C)cc(C)n2c1N. The van der Waals surface area contributed by atoms with E-state index in [-0.39, 0.29) is 0 Å². The molecule has 2 heterocycles. The Kier molecular flexibility index (Phi) is 3.62. The number of anilines is 1. The Morgan fingerprint density at radius 1 is 1.35 bits per heavy atom. The maximum Gasteiger partial charge on any atom is 0.139 e. The Labute approximate surface area is 106 Å². The van der Waals surface area contributed by atoms with E-state index in [0.717, 1.165) is 40.8 Å². The van der Waals surface area contributed by atoms with Crippen molar-refractivity contribution < 1.29 is 0 Å². The number of fused-ring (bicyclic) bond motifs is 1. The summed E-state index contributed by atoms with van der Waals surface area (Å²) in [5.74, 6) is 3.03. The van der Waals surface area contributed by atoms with Gasteiger partial charge < -0.3 is 5.73 Å². The number of pyridine rings is 1. The van der Waals surface area contributed by atoms with Gasteiger partial charge in [0.05, 0.1) is 5.69 Å². The number of aryl methyl sites for hydroxylation is 3. The third-order valence-corrected chi connectivity index (χ3v) is 3.75. The van der Waals surface area contributed by atoms with Crippen molar-refractivity contribution in [1.29, 1.82) is 0 Å². The lowest BCUT2D eigenvalue weighted by Gasteiger charge is -2.03. The Morgan fingerprint density at radius 2 is 2.12 bits per heavy atom. The third kappa shape index (κ3) is 2.41. The molecule has 2 N–H and O–H groups in total. The number of hydrogen-bond acceptors (Lipinski definition) is 3. The van der Waals surface area contributed by atoms with E-state index >= 15 is 0 Å². The number of rotatable bonds is 4. The van der Waals surface area contributed by atoms with E-state index in [1.807, 2.05) is 16.2 Å². The molecule has 0 fully saturated rings. The van der Waals surface area contributed by atoms with Crippen LogP contribution in [0, 0.1) is 13.8 Å². The van der Waals surface area contributed by atoms with E-state index < -0.39 is 0 Å². The second-order valence-electron chi connectivity index (χ2n) is 4.26. The standard InChI is InChI=1S/C13H19N3S/c1-4-17-6-5-11-13(14)16-10(3)7-9(2)8-12(16)15-11/h7-8H,4-6,14H2,1-3H3. The van der Waals surface area contributed by atoms with Crippen LogP contribution in [0.15, 0.2) is 12.1 Å². The molecule has 0 saturated carbocycles. The zero-order valence-corrected chi connectivity index (χ0v) is 11.5.